The van der Waals surface area contributed by atoms with Gasteiger partial charge in [-0.05, 0) is 152 Å². The van der Waals surface area contributed by atoms with Gasteiger partial charge < -0.3 is 25.1 Å². The summed E-state index contributed by atoms with van der Waals surface area (Å²) < 4.78 is 0. The highest BCUT2D eigenvalue weighted by atomic mass is 16.4. The molecule has 0 saturated carbocycles. The number of aliphatic carboxylic acids is 3. The Morgan fingerprint density at radius 3 is 0.816 bits per heavy atom. The average Bonchev–Trinajstić information content (AvgIpc) is 3.35. The Hall–Kier alpha value is -12.1. The number of benzene rings is 10. The Morgan fingerprint density at radius 1 is 0.287 bits per heavy atom. The first-order valence-electron chi connectivity index (χ1n) is 28.0. The molecule has 0 atom stereocenters. The molecule has 0 radical (unpaired) electrons. The first kappa shape index (κ1) is 58.1. The van der Waals surface area contributed by atoms with Crippen molar-refractivity contribution in [3.05, 3.63) is 338 Å². The minimum absolute atomic E-state index is 0.329. The van der Waals surface area contributed by atoms with E-state index in [1.807, 2.05) is 78.9 Å². The third kappa shape index (κ3) is 14.9. The van der Waals surface area contributed by atoms with Crippen LogP contribution in [0.2, 0.25) is 0 Å². The molecule has 0 fully saturated rings. The molecule has 0 unspecified atom stereocenters. The lowest BCUT2D eigenvalue weighted by Crippen LogP contribution is -2.10. The summed E-state index contributed by atoms with van der Waals surface area (Å²) in [5.74, 6) is -4.25. The number of carbonyl (C=O) groups is 3. The Morgan fingerprint density at radius 2 is 0.529 bits per heavy atom. The molecule has 10 aromatic carbocycles. The third-order valence-electron chi connectivity index (χ3n) is 14.4. The van der Waals surface area contributed by atoms with Gasteiger partial charge in [-0.3, -0.25) is 0 Å². The van der Waals surface area contributed by atoms with E-state index < -0.39 is 23.5 Å². The molecular formula is C78H57N3O6. The quantitative estimate of drug-likeness (QED) is 0.0211. The number of nitriles is 1. The number of allylic oxidation sites excluding steroid dienone is 10. The summed E-state index contributed by atoms with van der Waals surface area (Å²) in [6, 6.07) is 90.5. The maximum Gasteiger partial charge on any atom is 0.346 e. The zero-order chi connectivity index (χ0) is 60.3. The highest BCUT2D eigenvalue weighted by Crippen LogP contribution is 2.40. The molecule has 0 aliphatic heterocycles. The zero-order valence-corrected chi connectivity index (χ0v) is 47.1. The predicted octanol–water partition coefficient (Wildman–Crippen LogP) is 19.3. The van der Waals surface area contributed by atoms with Crippen molar-refractivity contribution in [2.45, 2.75) is 0 Å². The molecule has 9 nitrogen and oxygen atoms in total. The summed E-state index contributed by atoms with van der Waals surface area (Å²) in [5.41, 5.74) is 18.0. The van der Waals surface area contributed by atoms with Gasteiger partial charge in [-0.2, -0.15) is 5.26 Å². The molecule has 10 aromatic rings. The minimum Gasteiger partial charge on any atom is -0.477 e. The van der Waals surface area contributed by atoms with E-state index in [1.165, 1.54) is 18.2 Å². The molecule has 0 spiro atoms. The highest BCUT2D eigenvalue weighted by molar-refractivity contribution is 6.12. The molecule has 0 aliphatic rings. The normalized spacial score (nSPS) is 11.6. The number of carboxylic acids is 3. The van der Waals surface area contributed by atoms with Crippen LogP contribution in [0.5, 0.6) is 0 Å². The fourth-order valence-electron chi connectivity index (χ4n) is 9.83. The van der Waals surface area contributed by atoms with Gasteiger partial charge in [0.25, 0.3) is 0 Å². The second-order valence-electron chi connectivity index (χ2n) is 20.0. The summed E-state index contributed by atoms with van der Waals surface area (Å²) in [6.07, 6.45) is 19.5. The standard InChI is InChI=1S/C78H57N3O6/c79-55-68(76(82)83)21-13-4-8-16-57-25-45-70(46-26-57)81(72-49-37-65(38-50-72)59-19-11-6-12-20-59)74-53-41-67(42-54-74)63-33-29-61(30-34-63)60-27-31-62(32-28-60)66-39-51-73(52-40-66)80(71-47-35-64(36-48-71)58-17-9-5-10-18-58)69-43-23-56(24-44-69)15-7-2-1-3-14-22-75(77(84)85)78(86)87/h1-54H,(H,82,83)(H,84,85)(H,86,87)/b2-1+,13-4+,14-3+,15-7+,16-8+,68-21+. The van der Waals surface area contributed by atoms with Crippen LogP contribution in [0.3, 0.4) is 0 Å². The average molecular weight is 1130 g/mol. The molecule has 0 bridgehead atoms. The van der Waals surface area contributed by atoms with E-state index in [9.17, 15) is 14.4 Å². The summed E-state index contributed by atoms with van der Waals surface area (Å²) in [7, 11) is 0. The maximum absolute atomic E-state index is 11.1. The van der Waals surface area contributed by atoms with Gasteiger partial charge in [0.1, 0.15) is 17.2 Å². The monoisotopic (exact) mass is 1130 g/mol. The lowest BCUT2D eigenvalue weighted by Gasteiger charge is -2.26. The molecule has 0 heterocycles. The van der Waals surface area contributed by atoms with E-state index in [0.29, 0.717) is 0 Å². The van der Waals surface area contributed by atoms with E-state index >= 15 is 0 Å². The smallest absolute Gasteiger partial charge is 0.346 e. The second kappa shape index (κ2) is 28.2. The highest BCUT2D eigenvalue weighted by Gasteiger charge is 2.17. The number of hydrogen-bond donors (Lipinski definition) is 3. The van der Waals surface area contributed by atoms with Gasteiger partial charge in [-0.25, -0.2) is 14.4 Å². The fraction of sp³-hybridized carbons (Fsp3) is 0. The Kier molecular flexibility index (Phi) is 18.9. The SMILES string of the molecule is N#C\C(=C/C=C/C=C/c1ccc(N(c2ccc(-c3ccccc3)cc2)c2ccc(-c3ccc(-c4ccc(-c5ccc(N(c6ccc(/C=C/C=C/C=C/C=C(C(=O)O)C(=O)O)cc6)c6ccc(-c7ccccc7)cc6)cc5)cc4)cc3)cc2)cc1)C(=O)O. The molecular weight excluding hydrogens is 1070 g/mol. The molecule has 87 heavy (non-hydrogen) atoms. The fourth-order valence-corrected chi connectivity index (χ4v) is 9.83. The van der Waals surface area contributed by atoms with Crippen LogP contribution >= 0.6 is 0 Å². The molecule has 420 valence electrons. The van der Waals surface area contributed by atoms with Crippen LogP contribution in [0.4, 0.5) is 34.1 Å². The van der Waals surface area contributed by atoms with Gasteiger partial charge in [0.2, 0.25) is 0 Å². The van der Waals surface area contributed by atoms with E-state index in [1.54, 1.807) is 36.4 Å². The van der Waals surface area contributed by atoms with Crippen molar-refractivity contribution < 1.29 is 29.7 Å². The van der Waals surface area contributed by atoms with Crippen LogP contribution in [0, 0.1) is 11.3 Å². The maximum atomic E-state index is 11.1. The Bertz CT molecular complexity index is 4260. The van der Waals surface area contributed by atoms with Crippen LogP contribution in [-0.2, 0) is 14.4 Å². The van der Waals surface area contributed by atoms with E-state index in [0.717, 1.165) is 107 Å². The van der Waals surface area contributed by atoms with Crippen molar-refractivity contribution in [2.24, 2.45) is 0 Å². The Balaban J connectivity index is 0.834. The number of rotatable bonds is 21. The molecule has 0 saturated heterocycles. The van der Waals surface area contributed by atoms with Crippen LogP contribution in [0.1, 0.15) is 11.1 Å². The number of anilines is 6. The number of hydrogen-bond acceptors (Lipinski definition) is 6. The number of carboxylic acid groups (broad SMARTS) is 3. The lowest BCUT2D eigenvalue weighted by atomic mass is 9.97. The van der Waals surface area contributed by atoms with Crippen LogP contribution in [-0.4, -0.2) is 33.2 Å². The van der Waals surface area contributed by atoms with E-state index in [-0.39, 0.29) is 5.57 Å². The van der Waals surface area contributed by atoms with Crippen molar-refractivity contribution in [3.63, 3.8) is 0 Å². The van der Waals surface area contributed by atoms with Crippen LogP contribution in [0.25, 0.3) is 67.8 Å². The molecule has 0 aliphatic carbocycles. The molecule has 10 rings (SSSR count). The summed E-state index contributed by atoms with van der Waals surface area (Å²) in [6.45, 7) is 0. The van der Waals surface area contributed by atoms with Gasteiger partial charge >= 0.3 is 17.9 Å². The molecule has 0 aromatic heterocycles. The number of nitrogens with zero attached hydrogens (tertiary/aromatic N) is 3. The van der Waals surface area contributed by atoms with Crippen molar-refractivity contribution in [1.29, 1.82) is 5.26 Å². The van der Waals surface area contributed by atoms with Gasteiger partial charge in [-0.1, -0.05) is 243 Å². The Labute approximate surface area is 505 Å². The first-order chi connectivity index (χ1) is 42.6. The molecule has 3 N–H and O–H groups in total. The molecule has 9 heteroatoms. The van der Waals surface area contributed by atoms with Gasteiger partial charge in [-0.15, -0.1) is 0 Å². The zero-order valence-electron chi connectivity index (χ0n) is 47.1. The van der Waals surface area contributed by atoms with E-state index in [2.05, 4.69) is 204 Å². The van der Waals surface area contributed by atoms with Crippen molar-refractivity contribution in [1.82, 2.24) is 0 Å². The van der Waals surface area contributed by atoms with Gasteiger partial charge in [0.15, 0.2) is 0 Å². The van der Waals surface area contributed by atoms with Gasteiger partial charge in [0, 0.05) is 34.1 Å². The first-order valence-corrected chi connectivity index (χ1v) is 28.0. The third-order valence-corrected chi connectivity index (χ3v) is 14.4. The molecule has 0 amide bonds. The van der Waals surface area contributed by atoms with Crippen molar-refractivity contribution in [3.8, 4) is 61.7 Å². The second-order valence-corrected chi connectivity index (χ2v) is 20.0. The van der Waals surface area contributed by atoms with Crippen molar-refractivity contribution in [2.75, 3.05) is 9.80 Å². The topological polar surface area (TPSA) is 142 Å². The van der Waals surface area contributed by atoms with Crippen LogP contribution in [0.15, 0.2) is 327 Å². The largest absolute Gasteiger partial charge is 0.477 e. The van der Waals surface area contributed by atoms with E-state index in [4.69, 9.17) is 20.6 Å². The summed E-state index contributed by atoms with van der Waals surface area (Å²) in [4.78, 5) is 37.8. The predicted molar refractivity (Wildman–Crippen MR) is 353 cm³/mol. The van der Waals surface area contributed by atoms with Gasteiger partial charge in [0.05, 0.1) is 0 Å². The summed E-state index contributed by atoms with van der Waals surface area (Å²) in [5, 5.41) is 36.2. The lowest BCUT2D eigenvalue weighted by molar-refractivity contribution is -0.140. The minimum atomic E-state index is -1.50. The summed E-state index contributed by atoms with van der Waals surface area (Å²) >= 11 is 0. The van der Waals surface area contributed by atoms with Crippen LogP contribution < -0.4 is 9.80 Å². The van der Waals surface area contributed by atoms with Crippen molar-refractivity contribution >= 4 is 64.2 Å².